The van der Waals surface area contributed by atoms with Crippen molar-refractivity contribution in [3.05, 3.63) is 95.6 Å². The molecule has 228 valence electrons. The maximum atomic E-state index is 13.2. The number of hydrogen-bond donors (Lipinski definition) is 2. The van der Waals surface area contributed by atoms with Crippen LogP contribution in [0.2, 0.25) is 0 Å². The van der Waals surface area contributed by atoms with Gasteiger partial charge in [-0.05, 0) is 55.0 Å². The van der Waals surface area contributed by atoms with Crippen LogP contribution >= 0.6 is 11.8 Å². The van der Waals surface area contributed by atoms with Gasteiger partial charge in [-0.25, -0.2) is 14.3 Å². The first kappa shape index (κ1) is 30.8. The van der Waals surface area contributed by atoms with Crippen LogP contribution in [0.4, 0.5) is 10.6 Å². The maximum absolute atomic E-state index is 13.2. The molecule has 0 radical (unpaired) electrons. The minimum absolute atomic E-state index is 0.245. The topological polar surface area (TPSA) is 115 Å². The van der Waals surface area contributed by atoms with Crippen LogP contribution in [-0.2, 0) is 16.7 Å². The molecular weight excluding hydrogens is 574 g/mol. The van der Waals surface area contributed by atoms with Crippen LogP contribution in [0.1, 0.15) is 74.9 Å². The molecule has 0 aliphatic carbocycles. The third-order valence-electron chi connectivity index (χ3n) is 6.90. The number of pyridine rings is 1. The average Bonchev–Trinajstić information content (AvgIpc) is 3.61. The average molecular weight is 612 g/mol. The zero-order valence-corrected chi connectivity index (χ0v) is 26.6. The molecule has 0 unspecified atom stereocenters. The van der Waals surface area contributed by atoms with Crippen LogP contribution in [0, 0.1) is 0 Å². The van der Waals surface area contributed by atoms with Crippen molar-refractivity contribution in [2.45, 2.75) is 69.2 Å². The fraction of sp³-hybridized carbons (Fsp3) is 0.303. The Hall–Kier alpha value is -4.64. The number of aromatic nitrogens is 5. The number of anilines is 1. The number of benzene rings is 2. The number of nitrogens with zero attached hydrogens (tertiary/aromatic N) is 5. The Kier molecular flexibility index (Phi) is 9.05. The quantitative estimate of drug-likeness (QED) is 0.173. The summed E-state index contributed by atoms with van der Waals surface area (Å²) in [5, 5.41) is 19.3. The summed E-state index contributed by atoms with van der Waals surface area (Å²) >= 11 is 1.63. The number of carbonyl (C=O) groups is 2. The number of esters is 1. The highest BCUT2D eigenvalue weighted by Gasteiger charge is 2.22. The van der Waals surface area contributed by atoms with E-state index >= 15 is 0 Å². The molecule has 0 bridgehead atoms. The Morgan fingerprint density at radius 2 is 1.75 bits per heavy atom. The molecule has 10 nitrogen and oxygen atoms in total. The molecule has 11 heteroatoms. The second-order valence-corrected chi connectivity index (χ2v) is 12.8. The molecule has 2 amide bonds. The second-order valence-electron chi connectivity index (χ2n) is 11.7. The number of carbonyl (C=O) groups excluding carboxylic acids is 2. The van der Waals surface area contributed by atoms with Crippen molar-refractivity contribution in [3.63, 3.8) is 0 Å². The highest BCUT2D eigenvalue weighted by Crippen LogP contribution is 2.31. The Labute approximate surface area is 261 Å². The van der Waals surface area contributed by atoms with Crippen molar-refractivity contribution in [2.75, 3.05) is 11.9 Å². The fourth-order valence-corrected chi connectivity index (χ4v) is 5.51. The number of nitrogens with one attached hydrogen (secondary N) is 2. The van der Waals surface area contributed by atoms with E-state index in [2.05, 4.69) is 61.6 Å². The summed E-state index contributed by atoms with van der Waals surface area (Å²) in [7, 11) is 0. The smallest absolute Gasteiger partial charge is 0.338 e. The molecule has 5 rings (SSSR count). The highest BCUT2D eigenvalue weighted by molar-refractivity contribution is 7.99. The van der Waals surface area contributed by atoms with Crippen LogP contribution < -0.4 is 10.6 Å². The monoisotopic (exact) mass is 611 g/mol. The van der Waals surface area contributed by atoms with Gasteiger partial charge in [-0.1, -0.05) is 64.6 Å². The SMILES string of the molecule is CCOC(=O)c1ccc(-n2nc(C(C)(C)C)cc2NC(=O)NCc2ccccc2Sc2ccc3nnc(C(C)C)n3c2)cc1. The number of rotatable bonds is 9. The zero-order valence-electron chi connectivity index (χ0n) is 25.8. The molecule has 5 aromatic rings. The summed E-state index contributed by atoms with van der Waals surface area (Å²) in [5.74, 6) is 1.30. The molecule has 0 atom stereocenters. The molecule has 3 aromatic heterocycles. The zero-order chi connectivity index (χ0) is 31.4. The van der Waals surface area contributed by atoms with Crippen LogP contribution in [0.5, 0.6) is 0 Å². The molecule has 0 spiro atoms. The molecule has 0 aliphatic heterocycles. The first-order chi connectivity index (χ1) is 21.0. The Morgan fingerprint density at radius 1 is 1.00 bits per heavy atom. The summed E-state index contributed by atoms with van der Waals surface area (Å²) in [5.41, 5.74) is 3.52. The first-order valence-electron chi connectivity index (χ1n) is 14.6. The standard InChI is InChI=1S/C33H37N7O3S/c1-7-43-31(41)22-12-14-24(15-13-22)40-29(18-27(38-40)33(4,5)6)35-32(42)34-19-23-10-8-9-11-26(23)44-25-16-17-28-36-37-30(21(2)3)39(28)20-25/h8-18,20-21H,7,19H2,1-6H3,(H2,34,35,42). The van der Waals surface area contributed by atoms with E-state index in [-0.39, 0.29) is 23.3 Å². The molecule has 0 saturated heterocycles. The summed E-state index contributed by atoms with van der Waals surface area (Å²) in [4.78, 5) is 27.4. The van der Waals surface area contributed by atoms with E-state index in [0.717, 1.165) is 32.5 Å². The number of ether oxygens (including phenoxy) is 1. The van der Waals surface area contributed by atoms with E-state index in [0.29, 0.717) is 30.2 Å². The molecule has 0 saturated carbocycles. The maximum Gasteiger partial charge on any atom is 0.338 e. The summed E-state index contributed by atoms with van der Waals surface area (Å²) in [6.45, 7) is 12.8. The van der Waals surface area contributed by atoms with Gasteiger partial charge in [0, 0.05) is 39.9 Å². The summed E-state index contributed by atoms with van der Waals surface area (Å²) < 4.78 is 8.80. The fourth-order valence-electron chi connectivity index (χ4n) is 4.54. The predicted octanol–water partition coefficient (Wildman–Crippen LogP) is 6.99. The van der Waals surface area contributed by atoms with Crippen molar-refractivity contribution < 1.29 is 14.3 Å². The van der Waals surface area contributed by atoms with E-state index in [1.165, 1.54) is 0 Å². The summed E-state index contributed by atoms with van der Waals surface area (Å²) in [6, 6.07) is 20.5. The van der Waals surface area contributed by atoms with E-state index in [1.54, 1.807) is 47.6 Å². The lowest BCUT2D eigenvalue weighted by molar-refractivity contribution is 0.0526. The van der Waals surface area contributed by atoms with Gasteiger partial charge >= 0.3 is 12.0 Å². The molecule has 0 fully saturated rings. The minimum Gasteiger partial charge on any atom is -0.462 e. The van der Waals surface area contributed by atoms with Crippen LogP contribution in [0.25, 0.3) is 11.3 Å². The van der Waals surface area contributed by atoms with Gasteiger partial charge in [0.2, 0.25) is 0 Å². The first-order valence-corrected chi connectivity index (χ1v) is 15.4. The largest absolute Gasteiger partial charge is 0.462 e. The van der Waals surface area contributed by atoms with Crippen LogP contribution in [0.15, 0.2) is 82.7 Å². The van der Waals surface area contributed by atoms with E-state index in [9.17, 15) is 9.59 Å². The molecular formula is C33H37N7O3S. The lowest BCUT2D eigenvalue weighted by atomic mass is 9.92. The predicted molar refractivity (Wildman–Crippen MR) is 172 cm³/mol. The molecule has 2 N–H and O–H groups in total. The third kappa shape index (κ3) is 6.94. The van der Waals surface area contributed by atoms with Gasteiger partial charge in [0.1, 0.15) is 11.6 Å². The highest BCUT2D eigenvalue weighted by atomic mass is 32.2. The Bertz CT molecular complexity index is 1790. The molecule has 0 aliphatic rings. The Morgan fingerprint density at radius 3 is 2.45 bits per heavy atom. The molecule has 44 heavy (non-hydrogen) atoms. The van der Waals surface area contributed by atoms with Crippen LogP contribution in [-0.4, -0.2) is 43.0 Å². The van der Waals surface area contributed by atoms with E-state index < -0.39 is 0 Å². The van der Waals surface area contributed by atoms with Crippen LogP contribution in [0.3, 0.4) is 0 Å². The van der Waals surface area contributed by atoms with Crippen molar-refractivity contribution in [1.82, 2.24) is 29.7 Å². The molecule has 3 heterocycles. The number of urea groups is 1. The van der Waals surface area contributed by atoms with E-state index in [1.807, 2.05) is 46.9 Å². The number of fused-ring (bicyclic) bond motifs is 1. The number of amides is 2. The van der Waals surface area contributed by atoms with Gasteiger partial charge in [0.15, 0.2) is 5.65 Å². The minimum atomic E-state index is -0.384. The second kappa shape index (κ2) is 12.9. The van der Waals surface area contributed by atoms with E-state index in [4.69, 9.17) is 9.84 Å². The van der Waals surface area contributed by atoms with Gasteiger partial charge in [-0.15, -0.1) is 10.2 Å². The Balaban J connectivity index is 1.31. The normalized spacial score (nSPS) is 11.6. The van der Waals surface area contributed by atoms with Gasteiger partial charge in [-0.3, -0.25) is 9.72 Å². The van der Waals surface area contributed by atoms with Gasteiger partial charge in [0.25, 0.3) is 0 Å². The van der Waals surface area contributed by atoms with Gasteiger partial charge in [0.05, 0.1) is 23.6 Å². The molecule has 2 aromatic carbocycles. The lowest BCUT2D eigenvalue weighted by Crippen LogP contribution is -2.29. The van der Waals surface area contributed by atoms with Crippen molar-refractivity contribution in [1.29, 1.82) is 0 Å². The third-order valence-corrected chi connectivity index (χ3v) is 8.00. The van der Waals surface area contributed by atoms with Crippen molar-refractivity contribution in [3.8, 4) is 5.69 Å². The lowest BCUT2D eigenvalue weighted by Gasteiger charge is -2.14. The van der Waals surface area contributed by atoms with Crippen molar-refractivity contribution >= 4 is 35.2 Å². The number of hydrogen-bond acceptors (Lipinski definition) is 7. The van der Waals surface area contributed by atoms with Gasteiger partial charge in [-0.2, -0.15) is 5.10 Å². The van der Waals surface area contributed by atoms with Gasteiger partial charge < -0.3 is 10.1 Å². The van der Waals surface area contributed by atoms with Crippen molar-refractivity contribution in [2.24, 2.45) is 0 Å². The summed E-state index contributed by atoms with van der Waals surface area (Å²) in [6.07, 6.45) is 2.06.